The van der Waals surface area contributed by atoms with Crippen LogP contribution in [0.1, 0.15) is 27.2 Å². The lowest BCUT2D eigenvalue weighted by molar-refractivity contribution is -0.117. The Hall–Kier alpha value is -5.23. The van der Waals surface area contributed by atoms with E-state index < -0.39 is 5.82 Å². The summed E-state index contributed by atoms with van der Waals surface area (Å²) < 4.78 is 20.5. The average Bonchev–Trinajstić information content (AvgIpc) is 3.59. The fraction of sp³-hybridized carbons (Fsp3) is 0.273. The number of carbonyl (C=O) groups excluding carboxylic acids is 1. The summed E-state index contributed by atoms with van der Waals surface area (Å²) in [7, 11) is 3.91. The first-order valence-corrected chi connectivity index (χ1v) is 14.6. The molecule has 6 rings (SSSR count). The van der Waals surface area contributed by atoms with Crippen LogP contribution in [0.5, 0.6) is 5.75 Å². The maximum Gasteiger partial charge on any atom is 0.224 e. The molecule has 0 unspecified atom stereocenters. The maximum atomic E-state index is 14.7. The number of amides is 1. The first-order chi connectivity index (χ1) is 21.5. The minimum atomic E-state index is -0.403. The number of nitrogens with one attached hydrogen (secondary N) is 3. The van der Waals surface area contributed by atoms with Crippen LogP contribution < -0.4 is 10.1 Å². The summed E-state index contributed by atoms with van der Waals surface area (Å²) in [6.45, 7) is 7.19. The smallest absolute Gasteiger partial charge is 0.224 e. The lowest BCUT2D eigenvalue weighted by Gasteiger charge is -2.17. The molecule has 45 heavy (non-hydrogen) atoms. The third-order valence-electron chi connectivity index (χ3n) is 7.02. The number of imidazole rings is 1. The fourth-order valence-corrected chi connectivity index (χ4v) is 4.97. The van der Waals surface area contributed by atoms with Gasteiger partial charge in [-0.2, -0.15) is 5.10 Å². The van der Waals surface area contributed by atoms with Crippen LogP contribution in [0.4, 0.5) is 10.1 Å². The molecule has 230 valence electrons. The Bertz CT molecular complexity index is 2010. The van der Waals surface area contributed by atoms with Crippen molar-refractivity contribution in [3.05, 3.63) is 66.9 Å². The van der Waals surface area contributed by atoms with Gasteiger partial charge in [0.2, 0.25) is 5.91 Å². The normalized spacial score (nSPS) is 11.9. The summed E-state index contributed by atoms with van der Waals surface area (Å²) >= 11 is 0. The number of hydrogen-bond acceptors (Lipinski definition) is 8. The molecule has 0 saturated carbocycles. The quantitative estimate of drug-likeness (QED) is 0.180. The van der Waals surface area contributed by atoms with Gasteiger partial charge in [-0.15, -0.1) is 0 Å². The van der Waals surface area contributed by atoms with Crippen molar-refractivity contribution in [3.63, 3.8) is 0 Å². The van der Waals surface area contributed by atoms with E-state index in [1.165, 1.54) is 12.1 Å². The van der Waals surface area contributed by atoms with Crippen LogP contribution in [0, 0.1) is 11.2 Å². The molecule has 0 spiro atoms. The predicted octanol–water partition coefficient (Wildman–Crippen LogP) is 6.08. The number of anilines is 1. The van der Waals surface area contributed by atoms with Gasteiger partial charge in [0.05, 0.1) is 28.6 Å². The molecule has 0 aliphatic heterocycles. The number of hydrogen-bond donors (Lipinski definition) is 3. The van der Waals surface area contributed by atoms with Crippen molar-refractivity contribution in [2.75, 3.05) is 32.6 Å². The second-order valence-electron chi connectivity index (χ2n) is 12.4. The van der Waals surface area contributed by atoms with Crippen molar-refractivity contribution in [1.82, 2.24) is 40.0 Å². The highest BCUT2D eigenvalue weighted by Crippen LogP contribution is 2.33. The van der Waals surface area contributed by atoms with E-state index in [2.05, 4.69) is 30.5 Å². The first-order valence-electron chi connectivity index (χ1n) is 14.6. The van der Waals surface area contributed by atoms with Crippen molar-refractivity contribution in [2.24, 2.45) is 5.41 Å². The topological polar surface area (TPSA) is 138 Å². The van der Waals surface area contributed by atoms with E-state index >= 15 is 0 Å². The molecule has 1 amide bonds. The molecule has 0 radical (unpaired) electrons. The number of H-pyrrole nitrogens is 2. The Morgan fingerprint density at radius 2 is 1.89 bits per heavy atom. The van der Waals surface area contributed by atoms with Crippen molar-refractivity contribution >= 4 is 33.8 Å². The number of aromatic nitrogens is 7. The zero-order chi connectivity index (χ0) is 31.7. The van der Waals surface area contributed by atoms with Gasteiger partial charge in [-0.25, -0.2) is 19.3 Å². The number of carbonyl (C=O) groups is 1. The molecule has 1 aromatic carbocycles. The van der Waals surface area contributed by atoms with E-state index in [9.17, 15) is 9.18 Å². The van der Waals surface area contributed by atoms with Gasteiger partial charge >= 0.3 is 0 Å². The van der Waals surface area contributed by atoms with Crippen molar-refractivity contribution in [2.45, 2.75) is 27.2 Å². The molecule has 5 aromatic heterocycles. The summed E-state index contributed by atoms with van der Waals surface area (Å²) in [5.74, 6) is 0.422. The zero-order valence-electron chi connectivity index (χ0n) is 25.8. The Balaban J connectivity index is 1.33. The molecule has 12 heteroatoms. The van der Waals surface area contributed by atoms with Gasteiger partial charge in [-0.05, 0) is 61.5 Å². The number of aromatic amines is 2. The lowest BCUT2D eigenvalue weighted by atomic mass is 9.92. The molecule has 5 heterocycles. The number of benzene rings is 1. The molecular formula is C33H34FN9O2. The lowest BCUT2D eigenvalue weighted by Crippen LogP contribution is -2.19. The second-order valence-corrected chi connectivity index (χ2v) is 12.4. The van der Waals surface area contributed by atoms with Gasteiger partial charge < -0.3 is 19.9 Å². The summed E-state index contributed by atoms with van der Waals surface area (Å²) in [5, 5.41) is 10.5. The van der Waals surface area contributed by atoms with Crippen molar-refractivity contribution in [1.29, 1.82) is 0 Å². The van der Waals surface area contributed by atoms with Gasteiger partial charge in [-0.3, -0.25) is 14.9 Å². The third-order valence-corrected chi connectivity index (χ3v) is 7.02. The molecule has 0 aliphatic rings. The Morgan fingerprint density at radius 3 is 2.69 bits per heavy atom. The monoisotopic (exact) mass is 607 g/mol. The molecule has 11 nitrogen and oxygen atoms in total. The van der Waals surface area contributed by atoms with Gasteiger partial charge in [0, 0.05) is 42.6 Å². The summed E-state index contributed by atoms with van der Waals surface area (Å²) in [5.41, 5.74) is 6.11. The van der Waals surface area contributed by atoms with E-state index in [0.29, 0.717) is 70.5 Å². The summed E-state index contributed by atoms with van der Waals surface area (Å²) in [6.07, 6.45) is 5.34. The molecule has 3 N–H and O–H groups in total. The summed E-state index contributed by atoms with van der Waals surface area (Å²) in [4.78, 5) is 36.2. The maximum absolute atomic E-state index is 14.7. The highest BCUT2D eigenvalue weighted by atomic mass is 19.1. The molecule has 0 fully saturated rings. The number of fused-ring (bicyclic) bond motifs is 2. The number of ether oxygens (including phenoxy) is 1. The SMILES string of the molecule is CN(C)CCOc1cc(F)cc(-c2ccnc3nc(-c4n[nH]c5ccc(-c6cncc(NC(=O)CC(C)(C)C)c6)nc45)[nH]c23)c1. The van der Waals surface area contributed by atoms with E-state index in [-0.39, 0.29) is 11.3 Å². The molecular weight excluding hydrogens is 573 g/mol. The highest BCUT2D eigenvalue weighted by molar-refractivity contribution is 5.95. The van der Waals surface area contributed by atoms with E-state index in [1.54, 1.807) is 24.7 Å². The molecule has 0 aliphatic carbocycles. The van der Waals surface area contributed by atoms with Gasteiger partial charge in [-0.1, -0.05) is 20.8 Å². The Labute approximate surface area is 259 Å². The van der Waals surface area contributed by atoms with Gasteiger partial charge in [0.1, 0.15) is 23.7 Å². The second kappa shape index (κ2) is 12.0. The van der Waals surface area contributed by atoms with Gasteiger partial charge in [0.15, 0.2) is 17.2 Å². The third kappa shape index (κ3) is 6.80. The Morgan fingerprint density at radius 1 is 1.04 bits per heavy atom. The van der Waals surface area contributed by atoms with Crippen LogP contribution in [-0.2, 0) is 4.79 Å². The number of likely N-dealkylation sites (N-methyl/N-ethyl adjacent to an activating group) is 1. The predicted molar refractivity (Wildman–Crippen MR) is 172 cm³/mol. The number of nitrogens with zero attached hydrogens (tertiary/aromatic N) is 6. The number of halogens is 1. The van der Waals surface area contributed by atoms with Crippen LogP contribution in [0.2, 0.25) is 0 Å². The molecule has 6 aromatic rings. The zero-order valence-corrected chi connectivity index (χ0v) is 25.8. The largest absolute Gasteiger partial charge is 0.492 e. The highest BCUT2D eigenvalue weighted by Gasteiger charge is 2.19. The van der Waals surface area contributed by atoms with Crippen LogP contribution >= 0.6 is 0 Å². The van der Waals surface area contributed by atoms with Crippen LogP contribution in [0.3, 0.4) is 0 Å². The standard InChI is InChI=1S/C33H34FN9O2/c1-33(2,3)16-27(44)37-22-13-20(17-35-18-22)25-6-7-26-29(38-25)30(42-41-26)32-39-28-24(8-9-36-31(28)40-32)19-12-21(34)15-23(14-19)45-11-10-43(4)5/h6-9,12-15,17-18H,10-11,16H2,1-5H3,(H,37,44)(H,41,42)(H,36,39,40). The summed E-state index contributed by atoms with van der Waals surface area (Å²) in [6, 6.07) is 12.0. The number of pyridine rings is 3. The van der Waals surface area contributed by atoms with Crippen LogP contribution in [0.25, 0.3) is 56.1 Å². The van der Waals surface area contributed by atoms with E-state index in [1.807, 2.05) is 64.0 Å². The fourth-order valence-electron chi connectivity index (χ4n) is 4.97. The minimum Gasteiger partial charge on any atom is -0.492 e. The van der Waals surface area contributed by atoms with E-state index in [4.69, 9.17) is 14.7 Å². The Kier molecular flexibility index (Phi) is 7.98. The molecule has 0 saturated heterocycles. The van der Waals surface area contributed by atoms with E-state index in [0.717, 1.165) is 16.6 Å². The molecule has 0 atom stereocenters. The average molecular weight is 608 g/mol. The van der Waals surface area contributed by atoms with Crippen LogP contribution in [-0.4, -0.2) is 73.2 Å². The van der Waals surface area contributed by atoms with Crippen molar-refractivity contribution in [3.8, 4) is 39.7 Å². The van der Waals surface area contributed by atoms with Crippen molar-refractivity contribution < 1.29 is 13.9 Å². The van der Waals surface area contributed by atoms with Crippen LogP contribution in [0.15, 0.2) is 61.1 Å². The first kappa shape index (κ1) is 29.8. The molecule has 0 bridgehead atoms. The number of rotatable bonds is 9. The van der Waals surface area contributed by atoms with Gasteiger partial charge in [0.25, 0.3) is 0 Å². The minimum absolute atomic E-state index is 0.0776.